The smallest absolute Gasteiger partial charge is 0.358 e. The molecule has 2 heterocycles. The van der Waals surface area contributed by atoms with Gasteiger partial charge in [-0.3, -0.25) is 9.69 Å². The summed E-state index contributed by atoms with van der Waals surface area (Å²) in [5.41, 5.74) is -0.0654. The number of nitrogens with one attached hydrogen (secondary N) is 1. The molecule has 0 spiro atoms. The molecule has 0 radical (unpaired) electrons. The maximum Gasteiger partial charge on any atom is 0.358 e. The number of carboxylic acid groups (broad SMARTS) is 1. The van der Waals surface area contributed by atoms with Crippen molar-refractivity contribution in [2.45, 2.75) is 12.5 Å². The van der Waals surface area contributed by atoms with E-state index in [4.69, 9.17) is 9.84 Å². The Balaban J connectivity index is 1.66. The lowest BCUT2D eigenvalue weighted by Crippen LogP contribution is -2.51. The van der Waals surface area contributed by atoms with Crippen LogP contribution in [0.2, 0.25) is 0 Å². The van der Waals surface area contributed by atoms with Crippen LogP contribution in [0.5, 0.6) is 0 Å². The van der Waals surface area contributed by atoms with Crippen molar-refractivity contribution in [3.05, 3.63) is 11.9 Å². The first-order valence-corrected chi connectivity index (χ1v) is 6.73. The molecule has 1 aromatic heterocycles. The molecule has 1 fully saturated rings. The predicted molar refractivity (Wildman–Crippen MR) is 72.0 cm³/mol. The van der Waals surface area contributed by atoms with Crippen molar-refractivity contribution in [2.75, 3.05) is 39.9 Å². The van der Waals surface area contributed by atoms with Crippen molar-refractivity contribution < 1.29 is 19.4 Å². The number of aromatic carboxylic acids is 1. The van der Waals surface area contributed by atoms with Crippen LogP contribution in [0.4, 0.5) is 0 Å². The zero-order chi connectivity index (χ0) is 15.2. The SMILES string of the molecule is COCCCNC(=O)CN1CC(n2cc(C(=O)O)nn2)C1. The molecule has 1 saturated heterocycles. The second kappa shape index (κ2) is 7.14. The highest BCUT2D eigenvalue weighted by Gasteiger charge is 2.30. The van der Waals surface area contributed by atoms with E-state index in [0.717, 1.165) is 6.42 Å². The molecule has 0 aromatic carbocycles. The van der Waals surface area contributed by atoms with Crippen LogP contribution in [0.1, 0.15) is 23.0 Å². The molecule has 1 aliphatic rings. The molecule has 0 atom stereocenters. The Morgan fingerprint density at radius 1 is 1.52 bits per heavy atom. The highest BCUT2D eigenvalue weighted by Crippen LogP contribution is 2.19. The average Bonchev–Trinajstić information content (AvgIpc) is 2.88. The van der Waals surface area contributed by atoms with Crippen LogP contribution in [0.25, 0.3) is 0 Å². The number of likely N-dealkylation sites (tertiary alicyclic amines) is 1. The Kier molecular flexibility index (Phi) is 5.23. The lowest BCUT2D eigenvalue weighted by molar-refractivity contribution is -0.123. The number of carbonyl (C=O) groups excluding carboxylic acids is 1. The maximum absolute atomic E-state index is 11.6. The molecule has 116 valence electrons. The third-order valence-corrected chi connectivity index (χ3v) is 3.26. The van der Waals surface area contributed by atoms with E-state index in [0.29, 0.717) is 32.8 Å². The summed E-state index contributed by atoms with van der Waals surface area (Å²) in [7, 11) is 1.63. The van der Waals surface area contributed by atoms with Gasteiger partial charge in [0.25, 0.3) is 0 Å². The summed E-state index contributed by atoms with van der Waals surface area (Å²) in [4.78, 5) is 24.3. The minimum atomic E-state index is -1.09. The zero-order valence-electron chi connectivity index (χ0n) is 11.9. The number of amides is 1. The quantitative estimate of drug-likeness (QED) is 0.591. The maximum atomic E-state index is 11.6. The van der Waals surface area contributed by atoms with Gasteiger partial charge in [-0.2, -0.15) is 0 Å². The second-order valence-corrected chi connectivity index (χ2v) is 4.93. The van der Waals surface area contributed by atoms with Gasteiger partial charge >= 0.3 is 5.97 Å². The molecule has 0 unspecified atom stereocenters. The number of carbonyl (C=O) groups is 2. The van der Waals surface area contributed by atoms with Crippen molar-refractivity contribution in [1.29, 1.82) is 0 Å². The van der Waals surface area contributed by atoms with Crippen LogP contribution >= 0.6 is 0 Å². The number of methoxy groups -OCH3 is 1. The predicted octanol–water partition coefficient (Wildman–Crippen LogP) is -1.01. The molecule has 0 saturated carbocycles. The number of nitrogens with zero attached hydrogens (tertiary/aromatic N) is 4. The molecular weight excluding hydrogens is 278 g/mol. The summed E-state index contributed by atoms with van der Waals surface area (Å²) in [6, 6.07) is 0.0758. The largest absolute Gasteiger partial charge is 0.476 e. The van der Waals surface area contributed by atoms with Crippen LogP contribution in [-0.2, 0) is 9.53 Å². The first kappa shape index (κ1) is 15.4. The van der Waals surface area contributed by atoms with Crippen LogP contribution in [-0.4, -0.2) is 76.8 Å². The number of hydrogen-bond donors (Lipinski definition) is 2. The molecule has 9 nitrogen and oxygen atoms in total. The van der Waals surface area contributed by atoms with Gasteiger partial charge < -0.3 is 15.2 Å². The zero-order valence-corrected chi connectivity index (χ0v) is 11.9. The first-order valence-electron chi connectivity index (χ1n) is 6.73. The summed E-state index contributed by atoms with van der Waals surface area (Å²) in [6.45, 7) is 2.89. The Bertz CT molecular complexity index is 498. The fraction of sp³-hybridized carbons (Fsp3) is 0.667. The van der Waals surface area contributed by atoms with E-state index in [1.54, 1.807) is 7.11 Å². The molecule has 0 bridgehead atoms. The fourth-order valence-electron chi connectivity index (χ4n) is 2.10. The summed E-state index contributed by atoms with van der Waals surface area (Å²) >= 11 is 0. The normalized spacial score (nSPS) is 15.7. The molecule has 1 amide bonds. The molecule has 21 heavy (non-hydrogen) atoms. The molecule has 1 aromatic rings. The number of carboxylic acids is 1. The highest BCUT2D eigenvalue weighted by atomic mass is 16.5. The summed E-state index contributed by atoms with van der Waals surface area (Å²) < 4.78 is 6.44. The van der Waals surface area contributed by atoms with E-state index >= 15 is 0 Å². The van der Waals surface area contributed by atoms with Gasteiger partial charge in [-0.1, -0.05) is 5.21 Å². The Hall–Kier alpha value is -2.00. The van der Waals surface area contributed by atoms with Gasteiger partial charge in [-0.25, -0.2) is 9.48 Å². The topological polar surface area (TPSA) is 110 Å². The van der Waals surface area contributed by atoms with Crippen molar-refractivity contribution in [3.63, 3.8) is 0 Å². The number of aromatic nitrogens is 3. The summed E-state index contributed by atoms with van der Waals surface area (Å²) in [5, 5.41) is 18.9. The van der Waals surface area contributed by atoms with E-state index in [1.807, 2.05) is 4.90 Å². The molecule has 1 aliphatic heterocycles. The molecule has 9 heteroatoms. The van der Waals surface area contributed by atoms with Crippen molar-refractivity contribution in [3.8, 4) is 0 Å². The number of rotatable bonds is 8. The van der Waals surface area contributed by atoms with Gasteiger partial charge in [0.2, 0.25) is 5.91 Å². The first-order chi connectivity index (χ1) is 10.1. The fourth-order valence-corrected chi connectivity index (χ4v) is 2.10. The van der Waals surface area contributed by atoms with Crippen LogP contribution in [0.15, 0.2) is 6.20 Å². The van der Waals surface area contributed by atoms with Crippen molar-refractivity contribution >= 4 is 11.9 Å². The lowest BCUT2D eigenvalue weighted by Gasteiger charge is -2.38. The van der Waals surface area contributed by atoms with Crippen molar-refractivity contribution in [2.24, 2.45) is 0 Å². The number of hydrogen-bond acceptors (Lipinski definition) is 6. The third-order valence-electron chi connectivity index (χ3n) is 3.26. The Morgan fingerprint density at radius 2 is 2.29 bits per heavy atom. The Morgan fingerprint density at radius 3 is 2.90 bits per heavy atom. The van der Waals surface area contributed by atoms with E-state index in [2.05, 4.69) is 15.6 Å². The average molecular weight is 297 g/mol. The monoisotopic (exact) mass is 297 g/mol. The van der Waals surface area contributed by atoms with E-state index in [1.165, 1.54) is 10.9 Å². The Labute approximate surface area is 121 Å². The van der Waals surface area contributed by atoms with Gasteiger partial charge in [0.05, 0.1) is 18.8 Å². The third kappa shape index (κ3) is 4.23. The minimum Gasteiger partial charge on any atom is -0.476 e. The molecule has 2 N–H and O–H groups in total. The minimum absolute atomic E-state index is 0.0191. The summed E-state index contributed by atoms with van der Waals surface area (Å²) in [5.74, 6) is -1.11. The van der Waals surface area contributed by atoms with Crippen LogP contribution < -0.4 is 5.32 Å². The van der Waals surface area contributed by atoms with Gasteiger partial charge in [-0.15, -0.1) is 5.10 Å². The van der Waals surface area contributed by atoms with Crippen molar-refractivity contribution in [1.82, 2.24) is 25.2 Å². The van der Waals surface area contributed by atoms with E-state index in [-0.39, 0.29) is 17.6 Å². The van der Waals surface area contributed by atoms with Gasteiger partial charge in [0.1, 0.15) is 0 Å². The van der Waals surface area contributed by atoms with E-state index < -0.39 is 5.97 Å². The molecule has 2 rings (SSSR count). The van der Waals surface area contributed by atoms with E-state index in [9.17, 15) is 9.59 Å². The summed E-state index contributed by atoms with van der Waals surface area (Å²) in [6.07, 6.45) is 2.21. The number of ether oxygens (including phenoxy) is 1. The standard InChI is InChI=1S/C12H19N5O4/c1-21-4-2-3-13-11(18)8-16-5-9(6-16)17-7-10(12(19)20)14-15-17/h7,9H,2-6,8H2,1H3,(H,13,18)(H,19,20). The molecule has 0 aliphatic carbocycles. The van der Waals surface area contributed by atoms with Crippen LogP contribution in [0.3, 0.4) is 0 Å². The van der Waals surface area contributed by atoms with Gasteiger partial charge in [0.15, 0.2) is 5.69 Å². The molecular formula is C12H19N5O4. The van der Waals surface area contributed by atoms with Crippen LogP contribution in [0, 0.1) is 0 Å². The van der Waals surface area contributed by atoms with Gasteiger partial charge in [0, 0.05) is 33.4 Å². The second-order valence-electron chi connectivity index (χ2n) is 4.93. The highest BCUT2D eigenvalue weighted by molar-refractivity contribution is 5.84. The lowest BCUT2D eigenvalue weighted by atomic mass is 10.1. The van der Waals surface area contributed by atoms with Gasteiger partial charge in [-0.05, 0) is 6.42 Å².